The molecule has 2 fully saturated rings. The van der Waals surface area contributed by atoms with Crippen LogP contribution in [0.25, 0.3) is 0 Å². The minimum absolute atomic E-state index is 0.00857. The SMILES string of the molecule is Cc1ccc(C[C@@H]2CN(CC=CCN3CCOCC3)CCN2C(=O)c2cc(Cl)cc(Cl)c2)cc1C. The molecular formula is C28H35Cl2N3O2. The molecule has 2 aromatic rings. The van der Waals surface area contributed by atoms with E-state index in [1.807, 2.05) is 4.90 Å². The van der Waals surface area contributed by atoms with Crippen LogP contribution in [0.4, 0.5) is 0 Å². The summed E-state index contributed by atoms with van der Waals surface area (Å²) in [5.74, 6) is -0.00857. The highest BCUT2D eigenvalue weighted by Gasteiger charge is 2.31. The summed E-state index contributed by atoms with van der Waals surface area (Å²) >= 11 is 12.4. The molecule has 188 valence electrons. The molecule has 1 atom stereocenters. The van der Waals surface area contributed by atoms with E-state index in [4.69, 9.17) is 27.9 Å². The predicted molar refractivity (Wildman–Crippen MR) is 144 cm³/mol. The molecule has 0 spiro atoms. The van der Waals surface area contributed by atoms with Crippen LogP contribution in [0.3, 0.4) is 0 Å². The topological polar surface area (TPSA) is 36.0 Å². The van der Waals surface area contributed by atoms with Gasteiger partial charge in [0, 0.05) is 67.5 Å². The van der Waals surface area contributed by atoms with Crippen molar-refractivity contribution in [2.75, 3.05) is 59.0 Å². The third kappa shape index (κ3) is 7.31. The molecule has 2 aromatic carbocycles. The van der Waals surface area contributed by atoms with E-state index in [1.165, 1.54) is 16.7 Å². The van der Waals surface area contributed by atoms with Gasteiger partial charge in [0.1, 0.15) is 0 Å². The summed E-state index contributed by atoms with van der Waals surface area (Å²) in [4.78, 5) is 20.4. The molecule has 7 heteroatoms. The fourth-order valence-electron chi connectivity index (χ4n) is 4.80. The molecule has 0 radical (unpaired) electrons. The first-order valence-corrected chi connectivity index (χ1v) is 13.2. The van der Waals surface area contributed by atoms with E-state index in [2.05, 4.69) is 54.0 Å². The van der Waals surface area contributed by atoms with Crippen LogP contribution >= 0.6 is 23.2 Å². The Morgan fingerprint density at radius 3 is 2.29 bits per heavy atom. The van der Waals surface area contributed by atoms with Gasteiger partial charge in [0.25, 0.3) is 5.91 Å². The second-order valence-corrected chi connectivity index (χ2v) is 10.5. The number of nitrogens with zero attached hydrogens (tertiary/aromatic N) is 3. The number of halogens is 2. The van der Waals surface area contributed by atoms with Crippen LogP contribution < -0.4 is 0 Å². The number of ether oxygens (including phenoxy) is 1. The Morgan fingerprint density at radius 1 is 0.914 bits per heavy atom. The van der Waals surface area contributed by atoms with E-state index < -0.39 is 0 Å². The van der Waals surface area contributed by atoms with Crippen LogP contribution in [-0.2, 0) is 11.2 Å². The number of amides is 1. The maximum atomic E-state index is 13.5. The summed E-state index contributed by atoms with van der Waals surface area (Å²) in [5, 5.41) is 0.964. The van der Waals surface area contributed by atoms with Crippen LogP contribution in [0.15, 0.2) is 48.6 Å². The largest absolute Gasteiger partial charge is 0.379 e. The number of carbonyl (C=O) groups is 1. The Morgan fingerprint density at radius 2 is 1.60 bits per heavy atom. The molecule has 0 saturated carbocycles. The molecule has 2 aliphatic heterocycles. The van der Waals surface area contributed by atoms with E-state index >= 15 is 0 Å². The zero-order chi connectivity index (χ0) is 24.8. The van der Waals surface area contributed by atoms with Gasteiger partial charge in [-0.1, -0.05) is 53.6 Å². The van der Waals surface area contributed by atoms with Gasteiger partial charge in [-0.15, -0.1) is 0 Å². The average Bonchev–Trinajstić information content (AvgIpc) is 2.84. The van der Waals surface area contributed by atoms with Gasteiger partial charge < -0.3 is 9.64 Å². The second kappa shape index (κ2) is 12.4. The number of hydrogen-bond acceptors (Lipinski definition) is 4. The maximum absolute atomic E-state index is 13.5. The Balaban J connectivity index is 1.45. The van der Waals surface area contributed by atoms with E-state index in [9.17, 15) is 4.79 Å². The van der Waals surface area contributed by atoms with E-state index in [0.29, 0.717) is 22.2 Å². The van der Waals surface area contributed by atoms with E-state index in [1.54, 1.807) is 18.2 Å². The van der Waals surface area contributed by atoms with Gasteiger partial charge >= 0.3 is 0 Å². The highest BCUT2D eigenvalue weighted by molar-refractivity contribution is 6.35. The van der Waals surface area contributed by atoms with Gasteiger partial charge in [-0.05, 0) is 55.2 Å². The Bertz CT molecular complexity index is 1030. The second-order valence-electron chi connectivity index (χ2n) is 9.58. The lowest BCUT2D eigenvalue weighted by Crippen LogP contribution is -2.56. The van der Waals surface area contributed by atoms with E-state index in [0.717, 1.165) is 58.9 Å². The fourth-order valence-corrected chi connectivity index (χ4v) is 5.33. The maximum Gasteiger partial charge on any atom is 0.254 e. The highest BCUT2D eigenvalue weighted by Crippen LogP contribution is 2.24. The molecule has 2 saturated heterocycles. The van der Waals surface area contributed by atoms with Gasteiger partial charge in [0.05, 0.1) is 13.2 Å². The number of hydrogen-bond donors (Lipinski definition) is 0. The van der Waals surface area contributed by atoms with Gasteiger partial charge in [0.15, 0.2) is 0 Å². The molecule has 1 amide bonds. The normalized spacial score (nSPS) is 20.0. The first-order valence-electron chi connectivity index (χ1n) is 12.4. The Hall–Kier alpha value is -1.89. The minimum atomic E-state index is -0.00857. The van der Waals surface area contributed by atoms with Crippen molar-refractivity contribution < 1.29 is 9.53 Å². The number of carbonyl (C=O) groups excluding carboxylic acids is 1. The third-order valence-electron chi connectivity index (χ3n) is 6.98. The number of piperazine rings is 1. The first kappa shape index (κ1) is 26.2. The molecule has 0 bridgehead atoms. The number of benzene rings is 2. The van der Waals surface area contributed by atoms with Crippen molar-refractivity contribution in [1.29, 1.82) is 0 Å². The van der Waals surface area contributed by atoms with Crippen molar-refractivity contribution in [3.05, 3.63) is 80.8 Å². The molecule has 35 heavy (non-hydrogen) atoms. The standard InChI is InChI=1S/C28H35Cl2N3O2/c1-21-5-6-23(15-22(21)2)16-27-20-32(8-4-3-7-31-11-13-35-14-12-31)9-10-33(27)28(34)24-17-25(29)19-26(30)18-24/h3-6,15,17-19,27H,7-14,16,20H2,1-2H3/t27-/m1/s1. The monoisotopic (exact) mass is 515 g/mol. The van der Waals surface area contributed by atoms with Crippen molar-refractivity contribution in [1.82, 2.24) is 14.7 Å². The number of aryl methyl sites for hydroxylation is 2. The summed E-state index contributed by atoms with van der Waals surface area (Å²) < 4.78 is 5.43. The van der Waals surface area contributed by atoms with Gasteiger partial charge in [0.2, 0.25) is 0 Å². The minimum Gasteiger partial charge on any atom is -0.379 e. The van der Waals surface area contributed by atoms with Crippen molar-refractivity contribution >= 4 is 29.1 Å². The lowest BCUT2D eigenvalue weighted by Gasteiger charge is -2.41. The number of rotatable bonds is 7. The smallest absolute Gasteiger partial charge is 0.254 e. The number of morpholine rings is 1. The Kier molecular flexibility index (Phi) is 9.26. The molecule has 0 aliphatic carbocycles. The Labute approximate surface area is 219 Å². The quantitative estimate of drug-likeness (QED) is 0.493. The van der Waals surface area contributed by atoms with Gasteiger partial charge in [-0.25, -0.2) is 0 Å². The lowest BCUT2D eigenvalue weighted by atomic mass is 9.98. The van der Waals surface area contributed by atoms with Crippen LogP contribution in [0.1, 0.15) is 27.0 Å². The molecule has 2 aliphatic rings. The van der Waals surface area contributed by atoms with Crippen LogP contribution in [0.2, 0.25) is 10.0 Å². The van der Waals surface area contributed by atoms with Crippen molar-refractivity contribution in [2.45, 2.75) is 26.3 Å². The highest BCUT2D eigenvalue weighted by atomic mass is 35.5. The first-order chi connectivity index (χ1) is 16.9. The van der Waals surface area contributed by atoms with Crippen molar-refractivity contribution in [3.63, 3.8) is 0 Å². The predicted octanol–water partition coefficient (Wildman–Crippen LogP) is 4.87. The zero-order valence-corrected chi connectivity index (χ0v) is 22.2. The third-order valence-corrected chi connectivity index (χ3v) is 7.41. The van der Waals surface area contributed by atoms with E-state index in [-0.39, 0.29) is 11.9 Å². The molecule has 0 N–H and O–H groups in total. The summed E-state index contributed by atoms with van der Waals surface area (Å²) in [6.45, 7) is 12.1. The van der Waals surface area contributed by atoms with Crippen LogP contribution in [-0.4, -0.2) is 85.7 Å². The van der Waals surface area contributed by atoms with Gasteiger partial charge in [-0.2, -0.15) is 0 Å². The molecular weight excluding hydrogens is 481 g/mol. The summed E-state index contributed by atoms with van der Waals surface area (Å²) in [7, 11) is 0. The van der Waals surface area contributed by atoms with Gasteiger partial charge in [-0.3, -0.25) is 14.6 Å². The molecule has 2 heterocycles. The fraction of sp³-hybridized carbons (Fsp3) is 0.464. The van der Waals surface area contributed by atoms with Crippen molar-refractivity contribution in [3.8, 4) is 0 Å². The molecule has 0 aromatic heterocycles. The average molecular weight is 517 g/mol. The summed E-state index contributed by atoms with van der Waals surface area (Å²) in [5.41, 5.74) is 4.36. The lowest BCUT2D eigenvalue weighted by molar-refractivity contribution is 0.0431. The molecule has 5 nitrogen and oxygen atoms in total. The molecule has 0 unspecified atom stereocenters. The zero-order valence-electron chi connectivity index (χ0n) is 20.7. The van der Waals surface area contributed by atoms with Crippen LogP contribution in [0, 0.1) is 13.8 Å². The van der Waals surface area contributed by atoms with Crippen LogP contribution in [0.5, 0.6) is 0 Å². The summed E-state index contributed by atoms with van der Waals surface area (Å²) in [6, 6.07) is 11.8. The van der Waals surface area contributed by atoms with Crippen molar-refractivity contribution in [2.24, 2.45) is 0 Å². The summed E-state index contributed by atoms with van der Waals surface area (Å²) in [6.07, 6.45) is 5.33. The molecule has 4 rings (SSSR count).